The summed E-state index contributed by atoms with van der Waals surface area (Å²) in [6.45, 7) is 0. The molecule has 0 aliphatic heterocycles. The van der Waals surface area contributed by atoms with Crippen molar-refractivity contribution >= 4 is 17.2 Å². The molecule has 130 valence electrons. The lowest BCUT2D eigenvalue weighted by molar-refractivity contribution is -0.143. The number of rotatable bonds is 2. The zero-order chi connectivity index (χ0) is 18.3. The maximum absolute atomic E-state index is 12.7. The molecule has 0 unspecified atom stereocenters. The number of nitrogens with one attached hydrogen (secondary N) is 1. The van der Waals surface area contributed by atoms with E-state index < -0.39 is 40.4 Å². The lowest BCUT2D eigenvalue weighted by atomic mass is 10.1. The third-order valence-corrected chi connectivity index (χ3v) is 2.89. The second-order valence-corrected chi connectivity index (χ2v) is 4.70. The zero-order valence-electron chi connectivity index (χ0n) is 11.8. The zero-order valence-corrected chi connectivity index (χ0v) is 11.8. The first-order chi connectivity index (χ1) is 10.9. The Bertz CT molecular complexity index is 813. The van der Waals surface area contributed by atoms with E-state index in [2.05, 4.69) is 15.3 Å². The van der Waals surface area contributed by atoms with E-state index in [1.54, 1.807) is 0 Å². The molecule has 24 heavy (non-hydrogen) atoms. The van der Waals surface area contributed by atoms with Crippen LogP contribution >= 0.6 is 0 Å². The third kappa shape index (κ3) is 3.58. The van der Waals surface area contributed by atoms with E-state index in [0.29, 0.717) is 12.1 Å². The molecule has 0 saturated heterocycles. The largest absolute Gasteiger partial charge is 0.416 e. The molecule has 2 aromatic rings. The molecule has 12 heteroatoms. The van der Waals surface area contributed by atoms with Gasteiger partial charge in [0.25, 0.3) is 5.56 Å². The molecule has 1 aromatic heterocycles. The average molecular weight is 353 g/mol. The van der Waals surface area contributed by atoms with Gasteiger partial charge in [0.2, 0.25) is 0 Å². The standard InChI is InChI=1S/C12H9F6N5O/c1-23-10(24)8(9(19)22-23)21-20-7-3-5(11(13,14)15)2-6(4-7)12(16,17)18/h2-4,22H,19H2,1H3. The second kappa shape index (κ2) is 5.69. The van der Waals surface area contributed by atoms with Crippen molar-refractivity contribution in [3.63, 3.8) is 0 Å². The van der Waals surface area contributed by atoms with E-state index in [0.717, 1.165) is 4.68 Å². The van der Waals surface area contributed by atoms with Crippen LogP contribution in [0.5, 0.6) is 0 Å². The third-order valence-electron chi connectivity index (χ3n) is 2.89. The van der Waals surface area contributed by atoms with Crippen LogP contribution in [0.3, 0.4) is 0 Å². The number of aromatic nitrogens is 2. The first-order valence-electron chi connectivity index (χ1n) is 6.15. The number of nitrogens with two attached hydrogens (primary N) is 1. The van der Waals surface area contributed by atoms with E-state index in [9.17, 15) is 31.1 Å². The van der Waals surface area contributed by atoms with Crippen molar-refractivity contribution in [1.29, 1.82) is 0 Å². The SMILES string of the molecule is Cn1[nH]c(N)c(N=Nc2cc(C(F)(F)F)cc(C(F)(F)F)c2)c1=O. The summed E-state index contributed by atoms with van der Waals surface area (Å²) in [4.78, 5) is 11.6. The van der Waals surface area contributed by atoms with Gasteiger partial charge in [-0.2, -0.15) is 31.5 Å². The highest BCUT2D eigenvalue weighted by molar-refractivity contribution is 5.56. The maximum Gasteiger partial charge on any atom is 0.416 e. The Morgan fingerprint density at radius 2 is 1.50 bits per heavy atom. The molecule has 0 aliphatic carbocycles. The highest BCUT2D eigenvalue weighted by Crippen LogP contribution is 2.38. The molecular formula is C12H9F6N5O. The van der Waals surface area contributed by atoms with Gasteiger partial charge in [-0.25, -0.2) is 0 Å². The number of H-pyrrole nitrogens is 1. The van der Waals surface area contributed by atoms with Gasteiger partial charge in [-0.05, 0) is 18.2 Å². The molecule has 0 aliphatic rings. The van der Waals surface area contributed by atoms with E-state index in [-0.39, 0.29) is 11.9 Å². The summed E-state index contributed by atoms with van der Waals surface area (Å²) in [5.74, 6) is -0.228. The summed E-state index contributed by atoms with van der Waals surface area (Å²) in [7, 11) is 1.30. The summed E-state index contributed by atoms with van der Waals surface area (Å²) in [5, 5.41) is 8.97. The predicted octanol–water partition coefficient (Wildman–Crippen LogP) is 3.75. The highest BCUT2D eigenvalue weighted by atomic mass is 19.4. The van der Waals surface area contributed by atoms with E-state index in [4.69, 9.17) is 5.73 Å². The number of aromatic amines is 1. The summed E-state index contributed by atoms with van der Waals surface area (Å²) >= 11 is 0. The first-order valence-corrected chi connectivity index (χ1v) is 6.15. The van der Waals surface area contributed by atoms with Crippen LogP contribution in [0.15, 0.2) is 33.2 Å². The number of alkyl halides is 6. The number of aryl methyl sites for hydroxylation is 1. The minimum Gasteiger partial charge on any atom is -0.382 e. The van der Waals surface area contributed by atoms with Crippen molar-refractivity contribution in [3.05, 3.63) is 39.7 Å². The van der Waals surface area contributed by atoms with Crippen LogP contribution in [0.1, 0.15) is 11.1 Å². The van der Waals surface area contributed by atoms with Crippen LogP contribution in [-0.2, 0) is 19.4 Å². The molecule has 0 bridgehead atoms. The molecule has 0 atom stereocenters. The molecule has 6 nitrogen and oxygen atoms in total. The van der Waals surface area contributed by atoms with Gasteiger partial charge in [-0.15, -0.1) is 5.11 Å². The molecule has 1 aromatic carbocycles. The fourth-order valence-corrected chi connectivity index (χ4v) is 1.76. The van der Waals surface area contributed by atoms with Gasteiger partial charge in [0, 0.05) is 7.05 Å². The average Bonchev–Trinajstić information content (AvgIpc) is 2.68. The van der Waals surface area contributed by atoms with E-state index >= 15 is 0 Å². The molecule has 0 amide bonds. The van der Waals surface area contributed by atoms with Crippen LogP contribution in [-0.4, -0.2) is 9.78 Å². The molecule has 0 spiro atoms. The number of anilines is 1. The minimum atomic E-state index is -5.01. The van der Waals surface area contributed by atoms with Crippen molar-refractivity contribution in [2.75, 3.05) is 5.73 Å². The maximum atomic E-state index is 12.7. The Morgan fingerprint density at radius 3 is 1.88 bits per heavy atom. The predicted molar refractivity (Wildman–Crippen MR) is 71.1 cm³/mol. The summed E-state index contributed by atoms with van der Waals surface area (Å²) in [6, 6.07) is 0.723. The molecule has 0 fully saturated rings. The van der Waals surface area contributed by atoms with Crippen molar-refractivity contribution < 1.29 is 26.3 Å². The molecule has 0 radical (unpaired) electrons. The van der Waals surface area contributed by atoms with Crippen LogP contribution < -0.4 is 11.3 Å². The Morgan fingerprint density at radius 1 is 1.00 bits per heavy atom. The van der Waals surface area contributed by atoms with E-state index in [1.165, 1.54) is 7.05 Å². The normalized spacial score (nSPS) is 13.0. The van der Waals surface area contributed by atoms with Gasteiger partial charge in [0.1, 0.15) is 5.82 Å². The Labute approximate surface area is 129 Å². The van der Waals surface area contributed by atoms with Crippen LogP contribution in [0.25, 0.3) is 0 Å². The smallest absolute Gasteiger partial charge is 0.382 e. The second-order valence-electron chi connectivity index (χ2n) is 4.70. The van der Waals surface area contributed by atoms with Crippen LogP contribution in [0.2, 0.25) is 0 Å². The molecule has 1 heterocycles. The summed E-state index contributed by atoms with van der Waals surface area (Å²) < 4.78 is 77.2. The number of azo groups is 1. The first kappa shape index (κ1) is 17.6. The summed E-state index contributed by atoms with van der Waals surface area (Å²) in [6.07, 6.45) is -10.0. The lowest BCUT2D eigenvalue weighted by Gasteiger charge is -2.12. The molecule has 0 saturated carbocycles. The molecule has 2 rings (SSSR count). The quantitative estimate of drug-likeness (QED) is 0.636. The number of hydrogen-bond acceptors (Lipinski definition) is 4. The highest BCUT2D eigenvalue weighted by Gasteiger charge is 2.37. The van der Waals surface area contributed by atoms with Gasteiger partial charge in [-0.3, -0.25) is 14.6 Å². The number of halogens is 6. The monoisotopic (exact) mass is 353 g/mol. The number of hydrogen-bond donors (Lipinski definition) is 2. The topological polar surface area (TPSA) is 88.5 Å². The van der Waals surface area contributed by atoms with Crippen LogP contribution in [0, 0.1) is 0 Å². The van der Waals surface area contributed by atoms with Gasteiger partial charge in [0.15, 0.2) is 5.69 Å². The van der Waals surface area contributed by atoms with Crippen LogP contribution in [0.4, 0.5) is 43.5 Å². The number of benzene rings is 1. The van der Waals surface area contributed by atoms with Crippen molar-refractivity contribution in [1.82, 2.24) is 9.78 Å². The Balaban J connectivity index is 2.54. The Kier molecular flexibility index (Phi) is 4.16. The number of nitrogens with zero attached hydrogens (tertiary/aromatic N) is 3. The van der Waals surface area contributed by atoms with Crippen molar-refractivity contribution in [2.24, 2.45) is 17.3 Å². The van der Waals surface area contributed by atoms with Gasteiger partial charge in [0.05, 0.1) is 16.8 Å². The van der Waals surface area contributed by atoms with Gasteiger partial charge in [-0.1, -0.05) is 0 Å². The lowest BCUT2D eigenvalue weighted by Crippen LogP contribution is -2.11. The fourth-order valence-electron chi connectivity index (χ4n) is 1.76. The van der Waals surface area contributed by atoms with Crippen molar-refractivity contribution in [3.8, 4) is 0 Å². The fraction of sp³-hybridized carbons (Fsp3) is 0.250. The Hall–Kier alpha value is -2.79. The van der Waals surface area contributed by atoms with Gasteiger partial charge >= 0.3 is 12.4 Å². The number of nitrogen functional groups attached to an aromatic ring is 1. The van der Waals surface area contributed by atoms with E-state index in [1.807, 2.05) is 0 Å². The minimum absolute atomic E-state index is 0.0390. The van der Waals surface area contributed by atoms with Gasteiger partial charge < -0.3 is 5.73 Å². The van der Waals surface area contributed by atoms with Crippen molar-refractivity contribution in [2.45, 2.75) is 12.4 Å². The molecule has 3 N–H and O–H groups in total. The molecular weight excluding hydrogens is 344 g/mol. The summed E-state index contributed by atoms with van der Waals surface area (Å²) in [5.41, 5.74) is 0.447.